The fraction of sp³-hybridized carbons (Fsp3) is 0. The number of hydrogen-bond acceptors (Lipinski definition) is 9. The highest BCUT2D eigenvalue weighted by molar-refractivity contribution is 7.37. The molecule has 0 aromatic heterocycles. The lowest BCUT2D eigenvalue weighted by Crippen LogP contribution is -2.59. The Morgan fingerprint density at radius 1 is 0.292 bits per heavy atom. The molecule has 0 atom stereocenters. The summed E-state index contributed by atoms with van der Waals surface area (Å²) in [6.07, 6.45) is 0. The summed E-state index contributed by atoms with van der Waals surface area (Å²) in [6.45, 7) is 0. The van der Waals surface area contributed by atoms with Gasteiger partial charge in [0.05, 0.1) is 0 Å². The van der Waals surface area contributed by atoms with Gasteiger partial charge >= 0.3 is 26.4 Å². The second-order valence-electron chi connectivity index (χ2n) is 9.94. The number of para-hydroxylation sites is 6. The first-order valence-electron chi connectivity index (χ1n) is 14.9. The molecule has 242 valence electrons. The summed E-state index contributed by atoms with van der Waals surface area (Å²) in [6, 6.07) is 52.9. The minimum absolute atomic E-state index is 0.357. The van der Waals surface area contributed by atoms with Gasteiger partial charge in [0.1, 0.15) is 34.5 Å². The van der Waals surface area contributed by atoms with Crippen molar-refractivity contribution in [2.45, 2.75) is 0 Å². The van der Waals surface area contributed by atoms with E-state index >= 15 is 0 Å². The van der Waals surface area contributed by atoms with Crippen LogP contribution in [-0.4, -0.2) is 18.1 Å². The van der Waals surface area contributed by atoms with Crippen molar-refractivity contribution in [1.82, 2.24) is 0 Å². The van der Waals surface area contributed by atoms with Gasteiger partial charge in [0, 0.05) is 0 Å². The standard InChI is InChI=1S/C36H31O9PSi2/c37-46(44-47(38-31-19-7-1-8-20-31,39-32-21-9-2-10-22-32)40-33-23-11-3-12-24-33)45-48(41-34-25-13-4-14-26-34,42-35-27-15-5-16-28-35)43-36-29-17-6-18-30-36/h1-30,46H. The van der Waals surface area contributed by atoms with Crippen LogP contribution in [0.25, 0.3) is 0 Å². The highest BCUT2D eigenvalue weighted by Gasteiger charge is 2.62. The molecule has 0 heterocycles. The average molecular weight is 695 g/mol. The van der Waals surface area contributed by atoms with Crippen molar-refractivity contribution in [2.24, 2.45) is 0 Å². The van der Waals surface area contributed by atoms with E-state index < -0.39 is 26.4 Å². The molecule has 0 N–H and O–H groups in total. The fourth-order valence-corrected chi connectivity index (χ4v) is 10.2. The summed E-state index contributed by atoms with van der Waals surface area (Å²) in [5.41, 5.74) is 0. The van der Waals surface area contributed by atoms with Gasteiger partial charge in [-0.05, 0) is 72.8 Å². The van der Waals surface area contributed by atoms with Gasteiger partial charge in [-0.1, -0.05) is 109 Å². The quantitative estimate of drug-likeness (QED) is 0.0729. The third kappa shape index (κ3) is 9.38. The third-order valence-corrected chi connectivity index (χ3v) is 12.6. The van der Waals surface area contributed by atoms with E-state index in [2.05, 4.69) is 0 Å². The molecule has 0 bridgehead atoms. The SMILES string of the molecule is O=[PH](O[Si](Oc1ccccc1)(Oc1ccccc1)Oc1ccccc1)O[Si](Oc1ccccc1)(Oc1ccccc1)Oc1ccccc1. The molecule has 0 aliphatic carbocycles. The molecule has 48 heavy (non-hydrogen) atoms. The molecule has 0 unspecified atom stereocenters. The van der Waals surface area contributed by atoms with E-state index in [-0.39, 0.29) is 0 Å². The fourth-order valence-electron chi connectivity index (χ4n) is 4.27. The normalized spacial score (nSPS) is 11.4. The molecule has 0 fully saturated rings. The van der Waals surface area contributed by atoms with E-state index in [4.69, 9.17) is 35.0 Å². The zero-order valence-electron chi connectivity index (χ0n) is 25.5. The summed E-state index contributed by atoms with van der Waals surface area (Å²) in [5, 5.41) is 0. The maximum absolute atomic E-state index is 14.3. The molecule has 0 aliphatic heterocycles. The molecular formula is C36H31O9PSi2. The highest BCUT2D eigenvalue weighted by atomic mass is 31.1. The molecule has 6 aromatic rings. The van der Waals surface area contributed by atoms with Gasteiger partial charge < -0.3 is 26.6 Å². The lowest BCUT2D eigenvalue weighted by atomic mass is 10.3. The van der Waals surface area contributed by atoms with E-state index in [0.29, 0.717) is 34.5 Å². The van der Waals surface area contributed by atoms with Crippen LogP contribution in [0, 0.1) is 0 Å². The van der Waals surface area contributed by atoms with Crippen molar-refractivity contribution >= 4 is 26.4 Å². The van der Waals surface area contributed by atoms with Crippen LogP contribution >= 0.6 is 8.25 Å². The van der Waals surface area contributed by atoms with E-state index in [1.807, 2.05) is 36.4 Å². The van der Waals surface area contributed by atoms with Crippen LogP contribution in [0.15, 0.2) is 182 Å². The molecule has 0 amide bonds. The average Bonchev–Trinajstić information content (AvgIpc) is 3.11. The molecule has 0 saturated heterocycles. The first-order valence-corrected chi connectivity index (χ1v) is 19.4. The van der Waals surface area contributed by atoms with Crippen LogP contribution in [0.1, 0.15) is 0 Å². The number of hydrogen-bond donors (Lipinski definition) is 0. The molecule has 0 radical (unpaired) electrons. The lowest BCUT2D eigenvalue weighted by Gasteiger charge is -2.30. The predicted octanol–water partition coefficient (Wildman–Crippen LogP) is 8.75. The van der Waals surface area contributed by atoms with Gasteiger partial charge in [0.25, 0.3) is 0 Å². The van der Waals surface area contributed by atoms with Gasteiger partial charge in [-0.25, -0.2) is 8.43 Å². The Morgan fingerprint density at radius 3 is 0.625 bits per heavy atom. The molecule has 6 rings (SSSR count). The number of benzene rings is 6. The first kappa shape index (κ1) is 32.6. The summed E-state index contributed by atoms with van der Waals surface area (Å²) < 4.78 is 64.9. The third-order valence-electron chi connectivity index (χ3n) is 6.33. The van der Waals surface area contributed by atoms with Crippen molar-refractivity contribution in [1.29, 1.82) is 0 Å². The molecule has 0 saturated carbocycles. The van der Waals surface area contributed by atoms with Crippen LogP contribution in [-0.2, 0) is 13.0 Å². The molecule has 6 aromatic carbocycles. The van der Waals surface area contributed by atoms with E-state index in [0.717, 1.165) is 0 Å². The Balaban J connectivity index is 1.41. The van der Waals surface area contributed by atoms with Crippen LogP contribution < -0.4 is 26.6 Å². The van der Waals surface area contributed by atoms with Gasteiger partial charge in [-0.15, -0.1) is 0 Å². The molecular weight excluding hydrogens is 664 g/mol. The minimum Gasteiger partial charge on any atom is -0.462 e. The molecule has 9 nitrogen and oxygen atoms in total. The molecule has 0 aliphatic rings. The van der Waals surface area contributed by atoms with Gasteiger partial charge in [-0.3, -0.25) is 4.57 Å². The maximum atomic E-state index is 14.3. The van der Waals surface area contributed by atoms with Crippen molar-refractivity contribution in [2.75, 3.05) is 0 Å². The predicted molar refractivity (Wildman–Crippen MR) is 185 cm³/mol. The maximum Gasteiger partial charge on any atom is 0.900 e. The summed E-state index contributed by atoms with van der Waals surface area (Å²) in [4.78, 5) is 0. The summed E-state index contributed by atoms with van der Waals surface area (Å²) in [7, 11) is -12.7. The Labute approximate surface area is 281 Å². The zero-order valence-corrected chi connectivity index (χ0v) is 28.5. The Bertz CT molecular complexity index is 1500. The monoisotopic (exact) mass is 694 g/mol. The van der Waals surface area contributed by atoms with E-state index in [1.165, 1.54) is 0 Å². The van der Waals surface area contributed by atoms with Crippen LogP contribution in [0.2, 0.25) is 0 Å². The number of rotatable bonds is 16. The second-order valence-corrected chi connectivity index (χ2v) is 15.3. The topological polar surface area (TPSA) is 90.9 Å². The van der Waals surface area contributed by atoms with E-state index in [9.17, 15) is 4.57 Å². The highest BCUT2D eigenvalue weighted by Crippen LogP contribution is 2.39. The largest absolute Gasteiger partial charge is 0.900 e. The van der Waals surface area contributed by atoms with Gasteiger partial charge in [-0.2, -0.15) is 0 Å². The Kier molecular flexibility index (Phi) is 10.9. The van der Waals surface area contributed by atoms with Crippen molar-refractivity contribution in [3.63, 3.8) is 0 Å². The molecule has 12 heteroatoms. The van der Waals surface area contributed by atoms with Crippen molar-refractivity contribution in [3.8, 4) is 34.5 Å². The van der Waals surface area contributed by atoms with Crippen molar-refractivity contribution in [3.05, 3.63) is 182 Å². The Hall–Kier alpha value is -5.30. The van der Waals surface area contributed by atoms with Crippen LogP contribution in [0.4, 0.5) is 0 Å². The van der Waals surface area contributed by atoms with Crippen LogP contribution in [0.3, 0.4) is 0 Å². The van der Waals surface area contributed by atoms with Gasteiger partial charge in [0.15, 0.2) is 0 Å². The second kappa shape index (κ2) is 16.0. The zero-order chi connectivity index (χ0) is 32.9. The van der Waals surface area contributed by atoms with Crippen LogP contribution in [0.5, 0.6) is 34.5 Å². The summed E-state index contributed by atoms with van der Waals surface area (Å²) in [5.74, 6) is 2.14. The van der Waals surface area contributed by atoms with E-state index in [1.54, 1.807) is 146 Å². The summed E-state index contributed by atoms with van der Waals surface area (Å²) >= 11 is 0. The van der Waals surface area contributed by atoms with Gasteiger partial charge in [0.2, 0.25) is 0 Å². The first-order chi connectivity index (χ1) is 23.6. The molecule has 0 spiro atoms. The Morgan fingerprint density at radius 2 is 0.458 bits per heavy atom. The smallest absolute Gasteiger partial charge is 0.462 e. The van der Waals surface area contributed by atoms with Crippen molar-refractivity contribution < 1.29 is 39.5 Å². The minimum atomic E-state index is -4.49. The lowest BCUT2D eigenvalue weighted by molar-refractivity contribution is 0.132.